The first kappa shape index (κ1) is 17.4. The zero-order valence-corrected chi connectivity index (χ0v) is 15.0. The SMILES string of the molecule is CC(C)c1ccccc1Nc1cnc(C(=O)N2CCCCCC2)cn1. The van der Waals surface area contributed by atoms with Gasteiger partial charge in [-0.1, -0.05) is 44.9 Å². The van der Waals surface area contributed by atoms with Gasteiger partial charge in [0.15, 0.2) is 0 Å². The van der Waals surface area contributed by atoms with Gasteiger partial charge in [-0.2, -0.15) is 0 Å². The molecule has 0 atom stereocenters. The minimum absolute atomic E-state index is 0.0106. The lowest BCUT2D eigenvalue weighted by Crippen LogP contribution is -2.32. The van der Waals surface area contributed by atoms with Crippen LogP contribution in [0.4, 0.5) is 11.5 Å². The lowest BCUT2D eigenvalue weighted by atomic mass is 10.0. The minimum Gasteiger partial charge on any atom is -0.339 e. The number of anilines is 2. The number of carbonyl (C=O) groups excluding carboxylic acids is 1. The number of hydrogen-bond donors (Lipinski definition) is 1. The van der Waals surface area contributed by atoms with E-state index in [1.807, 2.05) is 23.1 Å². The average molecular weight is 338 g/mol. The first-order valence-electron chi connectivity index (χ1n) is 9.12. The summed E-state index contributed by atoms with van der Waals surface area (Å²) in [6, 6.07) is 8.18. The molecule has 1 fully saturated rings. The van der Waals surface area contributed by atoms with E-state index >= 15 is 0 Å². The Labute approximate surface area is 149 Å². The van der Waals surface area contributed by atoms with E-state index in [1.165, 1.54) is 18.4 Å². The highest BCUT2D eigenvalue weighted by molar-refractivity contribution is 5.92. The summed E-state index contributed by atoms with van der Waals surface area (Å²) in [7, 11) is 0. The molecule has 2 heterocycles. The summed E-state index contributed by atoms with van der Waals surface area (Å²) in [4.78, 5) is 23.2. The largest absolute Gasteiger partial charge is 0.339 e. The van der Waals surface area contributed by atoms with Crippen molar-refractivity contribution in [1.29, 1.82) is 0 Å². The second-order valence-corrected chi connectivity index (χ2v) is 6.86. The molecule has 0 spiro atoms. The van der Waals surface area contributed by atoms with Crippen molar-refractivity contribution >= 4 is 17.4 Å². The van der Waals surface area contributed by atoms with Crippen molar-refractivity contribution in [3.05, 3.63) is 47.9 Å². The normalized spacial score (nSPS) is 15.1. The number of amides is 1. The number of aromatic nitrogens is 2. The maximum absolute atomic E-state index is 12.6. The smallest absolute Gasteiger partial charge is 0.274 e. The Morgan fingerprint density at radius 1 is 1.04 bits per heavy atom. The number of likely N-dealkylation sites (tertiary alicyclic amines) is 1. The highest BCUT2D eigenvalue weighted by atomic mass is 16.2. The molecule has 5 heteroatoms. The predicted octanol–water partition coefficient (Wildman–Crippen LogP) is 4.36. The summed E-state index contributed by atoms with van der Waals surface area (Å²) < 4.78 is 0. The van der Waals surface area contributed by atoms with Gasteiger partial charge in [-0.3, -0.25) is 4.79 Å². The van der Waals surface area contributed by atoms with E-state index in [0.717, 1.165) is 31.6 Å². The molecule has 0 unspecified atom stereocenters. The number of rotatable bonds is 4. The van der Waals surface area contributed by atoms with Crippen LogP contribution in [0.25, 0.3) is 0 Å². The molecule has 3 rings (SSSR count). The van der Waals surface area contributed by atoms with Crippen molar-refractivity contribution in [3.63, 3.8) is 0 Å². The molecule has 1 aliphatic heterocycles. The third-order valence-corrected chi connectivity index (χ3v) is 4.61. The van der Waals surface area contributed by atoms with E-state index in [2.05, 4.69) is 35.2 Å². The number of nitrogens with one attached hydrogen (secondary N) is 1. The van der Waals surface area contributed by atoms with Gasteiger partial charge in [-0.25, -0.2) is 9.97 Å². The molecule has 5 nitrogen and oxygen atoms in total. The van der Waals surface area contributed by atoms with Crippen molar-refractivity contribution < 1.29 is 4.79 Å². The van der Waals surface area contributed by atoms with E-state index in [-0.39, 0.29) is 5.91 Å². The molecule has 1 amide bonds. The maximum atomic E-state index is 12.6. The van der Waals surface area contributed by atoms with E-state index in [9.17, 15) is 4.79 Å². The number of carbonyl (C=O) groups is 1. The van der Waals surface area contributed by atoms with Gasteiger partial charge in [0.05, 0.1) is 12.4 Å². The summed E-state index contributed by atoms with van der Waals surface area (Å²) in [5.41, 5.74) is 2.68. The Morgan fingerprint density at radius 3 is 2.40 bits per heavy atom. The fraction of sp³-hybridized carbons (Fsp3) is 0.450. The van der Waals surface area contributed by atoms with Crippen LogP contribution in [0.15, 0.2) is 36.7 Å². The molecule has 0 saturated carbocycles. The van der Waals surface area contributed by atoms with Crippen LogP contribution in [0.1, 0.15) is 61.5 Å². The molecular formula is C20H26N4O. The monoisotopic (exact) mass is 338 g/mol. The van der Waals surface area contributed by atoms with Crippen molar-refractivity contribution in [2.45, 2.75) is 45.4 Å². The molecule has 0 bridgehead atoms. The molecular weight excluding hydrogens is 312 g/mol. The van der Waals surface area contributed by atoms with Crippen LogP contribution in [-0.2, 0) is 0 Å². The van der Waals surface area contributed by atoms with E-state index < -0.39 is 0 Å². The quantitative estimate of drug-likeness (QED) is 0.900. The van der Waals surface area contributed by atoms with Crippen molar-refractivity contribution in [1.82, 2.24) is 14.9 Å². The molecule has 1 aromatic heterocycles. The Bertz CT molecular complexity index is 704. The Balaban J connectivity index is 1.71. The lowest BCUT2D eigenvalue weighted by molar-refractivity contribution is 0.0755. The molecule has 25 heavy (non-hydrogen) atoms. The van der Waals surface area contributed by atoms with Crippen LogP contribution in [0, 0.1) is 0 Å². The summed E-state index contributed by atoms with van der Waals surface area (Å²) in [5.74, 6) is 1.06. The topological polar surface area (TPSA) is 58.1 Å². The van der Waals surface area contributed by atoms with Gasteiger partial charge in [0.25, 0.3) is 5.91 Å². The van der Waals surface area contributed by atoms with Gasteiger partial charge in [0.1, 0.15) is 11.5 Å². The highest BCUT2D eigenvalue weighted by Gasteiger charge is 2.18. The standard InChI is InChI=1S/C20H26N4O/c1-15(2)16-9-5-6-10-17(16)23-19-14-21-18(13-22-19)20(25)24-11-7-3-4-8-12-24/h5-6,9-10,13-15H,3-4,7-8,11-12H2,1-2H3,(H,22,23). The fourth-order valence-corrected chi connectivity index (χ4v) is 3.19. The number of nitrogens with zero attached hydrogens (tertiary/aromatic N) is 3. The maximum Gasteiger partial charge on any atom is 0.274 e. The van der Waals surface area contributed by atoms with Gasteiger partial charge in [0.2, 0.25) is 0 Å². The Kier molecular flexibility index (Phi) is 5.64. The molecule has 1 saturated heterocycles. The molecule has 2 aromatic rings. The first-order valence-corrected chi connectivity index (χ1v) is 9.12. The molecule has 1 N–H and O–H groups in total. The van der Waals surface area contributed by atoms with Gasteiger partial charge in [0, 0.05) is 18.8 Å². The number of hydrogen-bond acceptors (Lipinski definition) is 4. The van der Waals surface area contributed by atoms with E-state index in [0.29, 0.717) is 17.4 Å². The third-order valence-electron chi connectivity index (χ3n) is 4.61. The van der Waals surface area contributed by atoms with E-state index in [4.69, 9.17) is 0 Å². The van der Waals surface area contributed by atoms with E-state index in [1.54, 1.807) is 12.4 Å². The summed E-state index contributed by atoms with van der Waals surface area (Å²) in [6.45, 7) is 5.97. The van der Waals surface area contributed by atoms with Crippen LogP contribution < -0.4 is 5.32 Å². The second kappa shape index (κ2) is 8.10. The van der Waals surface area contributed by atoms with Crippen LogP contribution in [0.5, 0.6) is 0 Å². The van der Waals surface area contributed by atoms with Crippen molar-refractivity contribution in [2.24, 2.45) is 0 Å². The fourth-order valence-electron chi connectivity index (χ4n) is 3.19. The van der Waals surface area contributed by atoms with Crippen LogP contribution in [-0.4, -0.2) is 33.9 Å². The number of benzene rings is 1. The summed E-state index contributed by atoms with van der Waals surface area (Å²) in [6.07, 6.45) is 7.77. The number of para-hydroxylation sites is 1. The molecule has 1 aliphatic rings. The third kappa shape index (κ3) is 4.35. The zero-order valence-electron chi connectivity index (χ0n) is 15.0. The second-order valence-electron chi connectivity index (χ2n) is 6.86. The molecule has 132 valence electrons. The molecule has 0 radical (unpaired) electrons. The van der Waals surface area contributed by atoms with Gasteiger partial charge in [-0.15, -0.1) is 0 Å². The van der Waals surface area contributed by atoms with Crippen molar-refractivity contribution in [3.8, 4) is 0 Å². The van der Waals surface area contributed by atoms with Crippen LogP contribution in [0.2, 0.25) is 0 Å². The summed E-state index contributed by atoms with van der Waals surface area (Å²) >= 11 is 0. The predicted molar refractivity (Wildman–Crippen MR) is 100 cm³/mol. The van der Waals surface area contributed by atoms with Crippen molar-refractivity contribution in [2.75, 3.05) is 18.4 Å². The van der Waals surface area contributed by atoms with Crippen LogP contribution >= 0.6 is 0 Å². The average Bonchev–Trinajstić information content (AvgIpc) is 2.91. The Hall–Kier alpha value is -2.43. The first-order chi connectivity index (χ1) is 12.1. The Morgan fingerprint density at radius 2 is 1.76 bits per heavy atom. The zero-order chi connectivity index (χ0) is 17.6. The minimum atomic E-state index is -0.0106. The molecule has 0 aliphatic carbocycles. The van der Waals surface area contributed by atoms with Gasteiger partial charge in [-0.05, 0) is 30.4 Å². The van der Waals surface area contributed by atoms with Gasteiger partial charge < -0.3 is 10.2 Å². The van der Waals surface area contributed by atoms with Gasteiger partial charge >= 0.3 is 0 Å². The lowest BCUT2D eigenvalue weighted by Gasteiger charge is -2.19. The van der Waals surface area contributed by atoms with Crippen LogP contribution in [0.3, 0.4) is 0 Å². The molecule has 1 aromatic carbocycles. The summed E-state index contributed by atoms with van der Waals surface area (Å²) in [5, 5.41) is 3.31. The highest BCUT2D eigenvalue weighted by Crippen LogP contribution is 2.26.